The van der Waals surface area contributed by atoms with Crippen molar-refractivity contribution in [3.05, 3.63) is 39.9 Å². The number of nitrogens with one attached hydrogen (secondary N) is 1. The van der Waals surface area contributed by atoms with Crippen molar-refractivity contribution in [2.45, 2.75) is 32.2 Å². The van der Waals surface area contributed by atoms with Crippen LogP contribution in [-0.4, -0.2) is 16.4 Å². The lowest BCUT2D eigenvalue weighted by Gasteiger charge is -2.27. The molecule has 0 heterocycles. The maximum absolute atomic E-state index is 12.0. The summed E-state index contributed by atoms with van der Waals surface area (Å²) in [4.78, 5) is 22.1. The molecule has 0 saturated heterocycles. The van der Waals surface area contributed by atoms with Crippen LogP contribution in [0, 0.1) is 22.5 Å². The summed E-state index contributed by atoms with van der Waals surface area (Å²) in [6, 6.07) is 5.43. The predicted octanol–water partition coefficient (Wildman–Crippen LogP) is 2.52. The fourth-order valence-corrected chi connectivity index (χ4v) is 1.69. The third-order valence-electron chi connectivity index (χ3n) is 3.18. The first kappa shape index (κ1) is 14.7. The highest BCUT2D eigenvalue weighted by Gasteiger charge is 2.25. The number of benzene rings is 1. The summed E-state index contributed by atoms with van der Waals surface area (Å²) < 4.78 is 0. The molecule has 0 unspecified atom stereocenters. The van der Waals surface area contributed by atoms with Crippen molar-refractivity contribution >= 4 is 11.6 Å². The molecule has 1 aromatic carbocycles. The average molecular weight is 260 g/mol. The summed E-state index contributed by atoms with van der Waals surface area (Å²) >= 11 is 0. The average Bonchev–Trinajstić information content (AvgIpc) is 2.45. The van der Waals surface area contributed by atoms with E-state index in [0.29, 0.717) is 18.4 Å². The van der Waals surface area contributed by atoms with Crippen LogP contribution in [0.1, 0.15) is 37.0 Å². The number of terminal acetylenes is 1. The zero-order valence-corrected chi connectivity index (χ0v) is 11.0. The van der Waals surface area contributed by atoms with Gasteiger partial charge < -0.3 is 5.32 Å². The van der Waals surface area contributed by atoms with Gasteiger partial charge in [0.1, 0.15) is 5.54 Å². The summed E-state index contributed by atoms with van der Waals surface area (Å²) in [5, 5.41) is 13.3. The van der Waals surface area contributed by atoms with Crippen molar-refractivity contribution < 1.29 is 9.72 Å². The van der Waals surface area contributed by atoms with E-state index in [1.54, 1.807) is 0 Å². The Morgan fingerprint density at radius 2 is 1.89 bits per heavy atom. The maximum Gasteiger partial charge on any atom is 0.269 e. The number of nitro groups is 1. The Kier molecular flexibility index (Phi) is 4.65. The van der Waals surface area contributed by atoms with E-state index < -0.39 is 10.5 Å². The third-order valence-corrected chi connectivity index (χ3v) is 3.18. The second-order valence-corrected chi connectivity index (χ2v) is 4.19. The van der Waals surface area contributed by atoms with E-state index in [0.717, 1.165) is 0 Å². The Morgan fingerprint density at radius 1 is 1.37 bits per heavy atom. The molecule has 0 aliphatic rings. The number of rotatable bonds is 5. The summed E-state index contributed by atoms with van der Waals surface area (Å²) in [5.41, 5.74) is -0.364. The lowest BCUT2D eigenvalue weighted by atomic mass is 9.93. The molecular weight excluding hydrogens is 244 g/mol. The number of carbonyl (C=O) groups excluding carboxylic acids is 1. The lowest BCUT2D eigenvalue weighted by molar-refractivity contribution is -0.384. The van der Waals surface area contributed by atoms with E-state index in [1.165, 1.54) is 24.3 Å². The second-order valence-electron chi connectivity index (χ2n) is 4.19. The van der Waals surface area contributed by atoms with Crippen LogP contribution >= 0.6 is 0 Å². The number of amides is 1. The van der Waals surface area contributed by atoms with Gasteiger partial charge in [0, 0.05) is 17.7 Å². The molecule has 1 N–H and O–H groups in total. The van der Waals surface area contributed by atoms with Gasteiger partial charge in [0.15, 0.2) is 0 Å². The van der Waals surface area contributed by atoms with Gasteiger partial charge in [-0.1, -0.05) is 19.8 Å². The molecule has 1 rings (SSSR count). The molecule has 0 aliphatic carbocycles. The van der Waals surface area contributed by atoms with Gasteiger partial charge in [-0.3, -0.25) is 14.9 Å². The summed E-state index contributed by atoms with van der Waals surface area (Å²) in [6.07, 6.45) is 6.71. The number of nitrogens with zero attached hydrogens (tertiary/aromatic N) is 1. The molecule has 5 heteroatoms. The highest BCUT2D eigenvalue weighted by atomic mass is 16.6. The minimum absolute atomic E-state index is 0.0502. The van der Waals surface area contributed by atoms with Crippen LogP contribution in [0.5, 0.6) is 0 Å². The first-order valence-corrected chi connectivity index (χ1v) is 6.02. The molecule has 0 radical (unpaired) electrons. The number of nitro benzene ring substituents is 1. The van der Waals surface area contributed by atoms with E-state index in [2.05, 4.69) is 11.2 Å². The Balaban J connectivity index is 2.90. The van der Waals surface area contributed by atoms with Crippen molar-refractivity contribution in [1.82, 2.24) is 5.32 Å². The van der Waals surface area contributed by atoms with Crippen LogP contribution in [0.2, 0.25) is 0 Å². The number of hydrogen-bond donors (Lipinski definition) is 1. The van der Waals surface area contributed by atoms with Crippen molar-refractivity contribution in [3.8, 4) is 12.3 Å². The lowest BCUT2D eigenvalue weighted by Crippen LogP contribution is -2.46. The largest absolute Gasteiger partial charge is 0.336 e. The van der Waals surface area contributed by atoms with E-state index in [9.17, 15) is 14.9 Å². The van der Waals surface area contributed by atoms with Crippen molar-refractivity contribution in [2.24, 2.45) is 0 Å². The number of carbonyl (C=O) groups is 1. The highest BCUT2D eigenvalue weighted by Crippen LogP contribution is 2.16. The first-order chi connectivity index (χ1) is 8.98. The van der Waals surface area contributed by atoms with E-state index in [1.807, 2.05) is 13.8 Å². The van der Waals surface area contributed by atoms with E-state index >= 15 is 0 Å². The van der Waals surface area contributed by atoms with Crippen LogP contribution in [0.25, 0.3) is 0 Å². The summed E-state index contributed by atoms with van der Waals surface area (Å²) in [5.74, 6) is 2.28. The van der Waals surface area contributed by atoms with Crippen molar-refractivity contribution in [3.63, 3.8) is 0 Å². The van der Waals surface area contributed by atoms with Crippen LogP contribution in [-0.2, 0) is 0 Å². The quantitative estimate of drug-likeness (QED) is 0.502. The molecule has 19 heavy (non-hydrogen) atoms. The topological polar surface area (TPSA) is 72.2 Å². The predicted molar refractivity (Wildman–Crippen MR) is 72.7 cm³/mol. The van der Waals surface area contributed by atoms with Gasteiger partial charge in [-0.25, -0.2) is 0 Å². The molecule has 0 bridgehead atoms. The molecule has 0 saturated carbocycles. The number of non-ortho nitro benzene ring substituents is 1. The smallest absolute Gasteiger partial charge is 0.269 e. The minimum Gasteiger partial charge on any atom is -0.336 e. The third kappa shape index (κ3) is 3.32. The molecule has 0 aromatic heterocycles. The minimum atomic E-state index is -0.668. The van der Waals surface area contributed by atoms with Gasteiger partial charge in [-0.15, -0.1) is 6.42 Å². The van der Waals surface area contributed by atoms with Crippen LogP contribution in [0.4, 0.5) is 5.69 Å². The molecule has 1 amide bonds. The van der Waals surface area contributed by atoms with E-state index in [4.69, 9.17) is 6.42 Å². The molecule has 5 nitrogen and oxygen atoms in total. The van der Waals surface area contributed by atoms with Gasteiger partial charge in [-0.05, 0) is 25.0 Å². The van der Waals surface area contributed by atoms with Crippen molar-refractivity contribution in [1.29, 1.82) is 0 Å². The zero-order chi connectivity index (χ0) is 14.5. The molecular formula is C14H16N2O3. The number of hydrogen-bond acceptors (Lipinski definition) is 3. The SMILES string of the molecule is C#CC(CC)(CC)NC(=O)c1ccc([N+](=O)[O-])cc1. The molecule has 1 aromatic rings. The van der Waals surface area contributed by atoms with Gasteiger partial charge >= 0.3 is 0 Å². The Labute approximate surface area is 112 Å². The fraction of sp³-hybridized carbons (Fsp3) is 0.357. The molecule has 0 fully saturated rings. The zero-order valence-electron chi connectivity index (χ0n) is 11.0. The second kappa shape index (κ2) is 6.01. The van der Waals surface area contributed by atoms with Gasteiger partial charge in [0.05, 0.1) is 4.92 Å². The Bertz CT molecular complexity index is 510. The highest BCUT2D eigenvalue weighted by molar-refractivity contribution is 5.95. The normalized spacial score (nSPS) is 10.6. The molecule has 0 atom stereocenters. The van der Waals surface area contributed by atoms with Crippen LogP contribution in [0.3, 0.4) is 0 Å². The monoisotopic (exact) mass is 260 g/mol. The maximum atomic E-state index is 12.0. The summed E-state index contributed by atoms with van der Waals surface area (Å²) in [6.45, 7) is 3.80. The van der Waals surface area contributed by atoms with Gasteiger partial charge in [-0.2, -0.15) is 0 Å². The molecule has 100 valence electrons. The van der Waals surface area contributed by atoms with E-state index in [-0.39, 0.29) is 11.6 Å². The van der Waals surface area contributed by atoms with Gasteiger partial charge in [0.2, 0.25) is 0 Å². The standard InChI is InChI=1S/C14H16N2O3/c1-4-14(5-2,6-3)15-13(17)11-7-9-12(10-8-11)16(18)19/h1,7-10H,5-6H2,2-3H3,(H,15,17). The van der Waals surface area contributed by atoms with Crippen LogP contribution < -0.4 is 5.32 Å². The molecule has 0 aliphatic heterocycles. The van der Waals surface area contributed by atoms with Gasteiger partial charge in [0.25, 0.3) is 11.6 Å². The summed E-state index contributed by atoms with van der Waals surface area (Å²) in [7, 11) is 0. The van der Waals surface area contributed by atoms with Crippen LogP contribution in [0.15, 0.2) is 24.3 Å². The fourth-order valence-electron chi connectivity index (χ4n) is 1.69. The van der Waals surface area contributed by atoms with Crippen molar-refractivity contribution in [2.75, 3.05) is 0 Å². The first-order valence-electron chi connectivity index (χ1n) is 6.02. The Morgan fingerprint density at radius 3 is 2.26 bits per heavy atom. The Hall–Kier alpha value is -2.35. The molecule has 0 spiro atoms.